The third-order valence-electron chi connectivity index (χ3n) is 3.87. The van der Waals surface area contributed by atoms with Gasteiger partial charge in [0.2, 0.25) is 5.95 Å². The van der Waals surface area contributed by atoms with Gasteiger partial charge in [-0.05, 0) is 13.0 Å². The van der Waals surface area contributed by atoms with Crippen molar-refractivity contribution in [2.24, 2.45) is 0 Å². The number of hydrogen-bond donors (Lipinski definition) is 1. The Labute approximate surface area is 113 Å². The summed E-state index contributed by atoms with van der Waals surface area (Å²) in [7, 11) is 0. The molecule has 3 heterocycles. The minimum absolute atomic E-state index is 0.153. The Kier molecular flexibility index (Phi) is 3.63. The zero-order chi connectivity index (χ0) is 13.2. The van der Waals surface area contributed by atoms with Crippen molar-refractivity contribution in [1.82, 2.24) is 14.9 Å². The minimum atomic E-state index is -0.346. The molecule has 104 valence electrons. The smallest absolute Gasteiger partial charge is 0.225 e. The lowest BCUT2D eigenvalue weighted by molar-refractivity contribution is 0.0783. The van der Waals surface area contributed by atoms with Crippen molar-refractivity contribution in [3.05, 3.63) is 18.0 Å². The second kappa shape index (κ2) is 5.40. The molecule has 0 aliphatic carbocycles. The molecule has 1 aromatic rings. The number of aliphatic hydroxyl groups is 1. The first-order chi connectivity index (χ1) is 9.24. The summed E-state index contributed by atoms with van der Waals surface area (Å²) in [6.45, 7) is 6.71. The van der Waals surface area contributed by atoms with Crippen LogP contribution in [0.3, 0.4) is 0 Å². The number of aryl methyl sites for hydroxylation is 1. The van der Waals surface area contributed by atoms with Crippen molar-refractivity contribution in [2.75, 3.05) is 44.3 Å². The summed E-state index contributed by atoms with van der Waals surface area (Å²) in [6.07, 6.45) is 1.46. The lowest BCUT2D eigenvalue weighted by atomic mass is 10.1. The first-order valence-corrected chi connectivity index (χ1v) is 6.78. The zero-order valence-electron chi connectivity index (χ0n) is 11.2. The summed E-state index contributed by atoms with van der Waals surface area (Å²) in [4.78, 5) is 13.3. The maximum atomic E-state index is 9.86. The molecule has 0 amide bonds. The maximum Gasteiger partial charge on any atom is 0.225 e. The summed E-state index contributed by atoms with van der Waals surface area (Å²) >= 11 is 0. The molecule has 3 rings (SSSR count). The predicted molar refractivity (Wildman–Crippen MR) is 71.2 cm³/mol. The summed E-state index contributed by atoms with van der Waals surface area (Å²) in [5, 5.41) is 9.86. The number of aromatic nitrogens is 2. The van der Waals surface area contributed by atoms with E-state index < -0.39 is 0 Å². The van der Waals surface area contributed by atoms with E-state index in [1.54, 1.807) is 6.20 Å². The monoisotopic (exact) mass is 264 g/mol. The molecular weight excluding hydrogens is 244 g/mol. The fourth-order valence-corrected chi connectivity index (χ4v) is 2.72. The van der Waals surface area contributed by atoms with Crippen LogP contribution < -0.4 is 4.90 Å². The Morgan fingerprint density at radius 1 is 1.26 bits per heavy atom. The van der Waals surface area contributed by atoms with E-state index in [2.05, 4.69) is 19.8 Å². The molecule has 0 bridgehead atoms. The van der Waals surface area contributed by atoms with E-state index in [-0.39, 0.29) is 12.1 Å². The van der Waals surface area contributed by atoms with Gasteiger partial charge in [-0.25, -0.2) is 9.97 Å². The van der Waals surface area contributed by atoms with Crippen LogP contribution in [0.2, 0.25) is 0 Å². The average Bonchev–Trinajstić information content (AvgIpc) is 2.85. The number of rotatable bonds is 2. The molecule has 2 fully saturated rings. The highest BCUT2D eigenvalue weighted by Gasteiger charge is 2.33. The second-order valence-electron chi connectivity index (χ2n) is 5.19. The van der Waals surface area contributed by atoms with Crippen LogP contribution in [0.5, 0.6) is 0 Å². The fraction of sp³-hybridized carbons (Fsp3) is 0.692. The molecule has 0 aromatic carbocycles. The molecule has 0 spiro atoms. The van der Waals surface area contributed by atoms with Gasteiger partial charge in [-0.1, -0.05) is 0 Å². The third kappa shape index (κ3) is 2.70. The molecule has 2 atom stereocenters. The SMILES string of the molecule is Cc1ccnc(N2CCN(C3COCC3O)CC2)n1. The molecule has 2 aliphatic rings. The Morgan fingerprint density at radius 2 is 2.05 bits per heavy atom. The van der Waals surface area contributed by atoms with Crippen molar-refractivity contribution in [1.29, 1.82) is 0 Å². The van der Waals surface area contributed by atoms with Crippen LogP contribution in [-0.2, 0) is 4.74 Å². The van der Waals surface area contributed by atoms with Crippen LogP contribution in [0.15, 0.2) is 12.3 Å². The standard InChI is InChI=1S/C13H20N4O2/c1-10-2-3-14-13(15-10)17-6-4-16(5-7-17)11-8-19-9-12(11)18/h2-3,11-12,18H,4-9H2,1H3. The zero-order valence-corrected chi connectivity index (χ0v) is 11.2. The van der Waals surface area contributed by atoms with Gasteiger partial charge in [0.05, 0.1) is 25.4 Å². The van der Waals surface area contributed by atoms with Crippen molar-refractivity contribution in [3.8, 4) is 0 Å². The first kappa shape index (κ1) is 12.8. The van der Waals surface area contributed by atoms with Gasteiger partial charge in [0.15, 0.2) is 0 Å². The van der Waals surface area contributed by atoms with Crippen LogP contribution in [-0.4, -0.2) is 71.5 Å². The van der Waals surface area contributed by atoms with E-state index in [9.17, 15) is 5.11 Å². The lowest BCUT2D eigenvalue weighted by Gasteiger charge is -2.38. The molecule has 2 aliphatic heterocycles. The Hall–Kier alpha value is -1.24. The van der Waals surface area contributed by atoms with Gasteiger partial charge in [-0.15, -0.1) is 0 Å². The van der Waals surface area contributed by atoms with Crippen molar-refractivity contribution < 1.29 is 9.84 Å². The number of aliphatic hydroxyl groups excluding tert-OH is 1. The van der Waals surface area contributed by atoms with Gasteiger partial charge < -0.3 is 14.7 Å². The molecule has 2 unspecified atom stereocenters. The molecule has 6 heteroatoms. The quantitative estimate of drug-likeness (QED) is 0.789. The molecule has 0 radical (unpaired) electrons. The van der Waals surface area contributed by atoms with E-state index >= 15 is 0 Å². The molecule has 1 aromatic heterocycles. The van der Waals surface area contributed by atoms with Crippen LogP contribution >= 0.6 is 0 Å². The second-order valence-corrected chi connectivity index (χ2v) is 5.19. The van der Waals surface area contributed by atoms with E-state index in [0.29, 0.717) is 13.2 Å². The van der Waals surface area contributed by atoms with Gasteiger partial charge in [-0.2, -0.15) is 0 Å². The molecule has 1 N–H and O–H groups in total. The normalized spacial score (nSPS) is 28.8. The van der Waals surface area contributed by atoms with Crippen molar-refractivity contribution in [2.45, 2.75) is 19.1 Å². The highest BCUT2D eigenvalue weighted by atomic mass is 16.5. The number of anilines is 1. The summed E-state index contributed by atoms with van der Waals surface area (Å²) in [5.74, 6) is 0.808. The third-order valence-corrected chi connectivity index (χ3v) is 3.87. The summed E-state index contributed by atoms with van der Waals surface area (Å²) in [5.41, 5.74) is 0.993. The van der Waals surface area contributed by atoms with Crippen molar-refractivity contribution in [3.63, 3.8) is 0 Å². The predicted octanol–water partition coefficient (Wildman–Crippen LogP) is -0.333. The van der Waals surface area contributed by atoms with E-state index in [0.717, 1.165) is 37.8 Å². The highest BCUT2D eigenvalue weighted by Crippen LogP contribution is 2.17. The molecule has 2 saturated heterocycles. The van der Waals surface area contributed by atoms with Crippen LogP contribution in [0.25, 0.3) is 0 Å². The van der Waals surface area contributed by atoms with Gasteiger partial charge in [0.1, 0.15) is 0 Å². The molecule has 19 heavy (non-hydrogen) atoms. The van der Waals surface area contributed by atoms with Gasteiger partial charge in [0.25, 0.3) is 0 Å². The molecule has 6 nitrogen and oxygen atoms in total. The van der Waals surface area contributed by atoms with Crippen molar-refractivity contribution >= 4 is 5.95 Å². The van der Waals surface area contributed by atoms with Gasteiger partial charge in [-0.3, -0.25) is 4.90 Å². The Morgan fingerprint density at radius 3 is 2.68 bits per heavy atom. The van der Waals surface area contributed by atoms with Crippen LogP contribution in [0.4, 0.5) is 5.95 Å². The molecule has 0 saturated carbocycles. The number of piperazine rings is 1. The van der Waals surface area contributed by atoms with E-state index in [1.165, 1.54) is 0 Å². The van der Waals surface area contributed by atoms with E-state index in [1.807, 2.05) is 13.0 Å². The Balaban J connectivity index is 1.60. The summed E-state index contributed by atoms with van der Waals surface area (Å²) < 4.78 is 5.32. The van der Waals surface area contributed by atoms with Crippen LogP contribution in [0.1, 0.15) is 5.69 Å². The highest BCUT2D eigenvalue weighted by molar-refractivity contribution is 5.30. The number of nitrogens with zero attached hydrogens (tertiary/aromatic N) is 4. The van der Waals surface area contributed by atoms with Gasteiger partial charge >= 0.3 is 0 Å². The molecular formula is C13H20N4O2. The van der Waals surface area contributed by atoms with Gasteiger partial charge in [0, 0.05) is 38.1 Å². The minimum Gasteiger partial charge on any atom is -0.389 e. The van der Waals surface area contributed by atoms with Crippen LogP contribution in [0, 0.1) is 6.92 Å². The number of ether oxygens (including phenoxy) is 1. The largest absolute Gasteiger partial charge is 0.389 e. The first-order valence-electron chi connectivity index (χ1n) is 6.78. The van der Waals surface area contributed by atoms with E-state index in [4.69, 9.17) is 4.74 Å². The summed E-state index contributed by atoms with van der Waals surface area (Å²) in [6, 6.07) is 2.06. The Bertz CT molecular complexity index is 434. The lowest BCUT2D eigenvalue weighted by Crippen LogP contribution is -2.53. The fourth-order valence-electron chi connectivity index (χ4n) is 2.72. The topological polar surface area (TPSA) is 61.7 Å². The number of hydrogen-bond acceptors (Lipinski definition) is 6. The maximum absolute atomic E-state index is 9.86. The average molecular weight is 264 g/mol.